The maximum absolute atomic E-state index is 10.8. The van der Waals surface area contributed by atoms with Gasteiger partial charge in [0.05, 0.1) is 13.7 Å². The van der Waals surface area contributed by atoms with Crippen molar-refractivity contribution in [1.82, 2.24) is 4.90 Å². The summed E-state index contributed by atoms with van der Waals surface area (Å²) in [6, 6.07) is 0. The van der Waals surface area contributed by atoms with E-state index in [2.05, 4.69) is 9.64 Å². The second-order valence-electron chi connectivity index (χ2n) is 3.53. The molecule has 2 unspecified atom stereocenters. The minimum Gasteiger partial charge on any atom is -0.468 e. The molecule has 3 heteroatoms. The summed E-state index contributed by atoms with van der Waals surface area (Å²) in [5.74, 6) is 1.70. The highest BCUT2D eigenvalue weighted by molar-refractivity contribution is 5.71. The molecule has 1 saturated carbocycles. The molecule has 0 N–H and O–H groups in total. The van der Waals surface area contributed by atoms with E-state index in [-0.39, 0.29) is 5.97 Å². The fraction of sp³-hybridized carbons (Fsp3) is 0.875. The SMILES string of the molecule is COC(=O)CN1CC2CC2C1. The molecule has 0 spiro atoms. The third-order valence-corrected chi connectivity index (χ3v) is 2.63. The first kappa shape index (κ1) is 7.10. The van der Waals surface area contributed by atoms with Gasteiger partial charge in [-0.2, -0.15) is 0 Å². The first-order valence-corrected chi connectivity index (χ1v) is 4.09. The molecule has 1 aliphatic heterocycles. The van der Waals surface area contributed by atoms with Crippen LogP contribution in [0.25, 0.3) is 0 Å². The molecule has 11 heavy (non-hydrogen) atoms. The van der Waals surface area contributed by atoms with Crippen LogP contribution in [0.15, 0.2) is 0 Å². The maximum Gasteiger partial charge on any atom is 0.319 e. The van der Waals surface area contributed by atoms with Crippen LogP contribution in [0.4, 0.5) is 0 Å². The van der Waals surface area contributed by atoms with Crippen molar-refractivity contribution in [3.63, 3.8) is 0 Å². The van der Waals surface area contributed by atoms with Gasteiger partial charge in [0, 0.05) is 13.1 Å². The number of hydrogen-bond donors (Lipinski definition) is 0. The average molecular weight is 155 g/mol. The minimum atomic E-state index is -0.105. The molecule has 0 aromatic heterocycles. The van der Waals surface area contributed by atoms with Crippen LogP contribution in [0, 0.1) is 11.8 Å². The van der Waals surface area contributed by atoms with E-state index in [4.69, 9.17) is 0 Å². The van der Waals surface area contributed by atoms with Crippen LogP contribution in [-0.2, 0) is 9.53 Å². The van der Waals surface area contributed by atoms with Crippen LogP contribution < -0.4 is 0 Å². The predicted octanol–water partition coefficient (Wildman–Crippen LogP) is 0.111. The monoisotopic (exact) mass is 155 g/mol. The van der Waals surface area contributed by atoms with Crippen molar-refractivity contribution in [2.45, 2.75) is 6.42 Å². The number of ether oxygens (including phenoxy) is 1. The smallest absolute Gasteiger partial charge is 0.319 e. The number of esters is 1. The number of carbonyl (C=O) groups is 1. The summed E-state index contributed by atoms with van der Waals surface area (Å²) >= 11 is 0. The molecule has 0 radical (unpaired) electrons. The fourth-order valence-corrected chi connectivity index (χ4v) is 1.87. The van der Waals surface area contributed by atoms with E-state index >= 15 is 0 Å². The van der Waals surface area contributed by atoms with E-state index in [0.717, 1.165) is 24.9 Å². The van der Waals surface area contributed by atoms with Gasteiger partial charge in [0.2, 0.25) is 0 Å². The molecule has 1 saturated heterocycles. The molecular weight excluding hydrogens is 142 g/mol. The number of likely N-dealkylation sites (tertiary alicyclic amines) is 1. The number of methoxy groups -OCH3 is 1. The highest BCUT2D eigenvalue weighted by atomic mass is 16.5. The van der Waals surface area contributed by atoms with Crippen molar-refractivity contribution < 1.29 is 9.53 Å². The molecule has 0 aromatic rings. The number of piperidine rings is 1. The third kappa shape index (κ3) is 1.38. The lowest BCUT2D eigenvalue weighted by Crippen LogP contribution is -2.29. The molecule has 1 aliphatic carbocycles. The molecule has 0 bridgehead atoms. The van der Waals surface area contributed by atoms with E-state index in [1.807, 2.05) is 0 Å². The van der Waals surface area contributed by atoms with E-state index in [1.54, 1.807) is 0 Å². The Kier molecular flexibility index (Phi) is 1.60. The Labute approximate surface area is 66.3 Å². The standard InChI is InChI=1S/C8H13NO2/c1-11-8(10)5-9-3-6-2-7(6)4-9/h6-7H,2-5H2,1H3. The van der Waals surface area contributed by atoms with Crippen LogP contribution in [-0.4, -0.2) is 37.6 Å². The van der Waals surface area contributed by atoms with Crippen molar-refractivity contribution in [3.8, 4) is 0 Å². The zero-order valence-electron chi connectivity index (χ0n) is 6.75. The Morgan fingerprint density at radius 1 is 1.55 bits per heavy atom. The maximum atomic E-state index is 10.8. The molecule has 62 valence electrons. The summed E-state index contributed by atoms with van der Waals surface area (Å²) in [4.78, 5) is 13.0. The van der Waals surface area contributed by atoms with Crippen molar-refractivity contribution >= 4 is 5.97 Å². The van der Waals surface area contributed by atoms with E-state index < -0.39 is 0 Å². The second-order valence-corrected chi connectivity index (χ2v) is 3.53. The van der Waals surface area contributed by atoms with Gasteiger partial charge in [0.15, 0.2) is 0 Å². The van der Waals surface area contributed by atoms with E-state index in [0.29, 0.717) is 6.54 Å². The lowest BCUT2D eigenvalue weighted by Gasteiger charge is -2.14. The summed E-state index contributed by atoms with van der Waals surface area (Å²) in [6.45, 7) is 2.71. The van der Waals surface area contributed by atoms with Crippen LogP contribution >= 0.6 is 0 Å². The lowest BCUT2D eigenvalue weighted by molar-refractivity contribution is -0.141. The van der Waals surface area contributed by atoms with Gasteiger partial charge in [-0.1, -0.05) is 0 Å². The zero-order chi connectivity index (χ0) is 7.84. The summed E-state index contributed by atoms with van der Waals surface area (Å²) in [5.41, 5.74) is 0. The van der Waals surface area contributed by atoms with E-state index in [1.165, 1.54) is 13.5 Å². The van der Waals surface area contributed by atoms with Crippen molar-refractivity contribution in [2.24, 2.45) is 11.8 Å². The number of nitrogens with zero attached hydrogens (tertiary/aromatic N) is 1. The molecule has 0 amide bonds. The number of hydrogen-bond acceptors (Lipinski definition) is 3. The Hall–Kier alpha value is -0.570. The normalized spacial score (nSPS) is 35.0. The molecule has 1 heterocycles. The Morgan fingerprint density at radius 3 is 2.73 bits per heavy atom. The van der Waals surface area contributed by atoms with Gasteiger partial charge in [-0.25, -0.2) is 0 Å². The topological polar surface area (TPSA) is 29.5 Å². The molecule has 2 fully saturated rings. The minimum absolute atomic E-state index is 0.105. The number of rotatable bonds is 2. The molecule has 2 atom stereocenters. The van der Waals surface area contributed by atoms with Crippen molar-refractivity contribution in [3.05, 3.63) is 0 Å². The van der Waals surface area contributed by atoms with Gasteiger partial charge < -0.3 is 4.74 Å². The molecule has 2 rings (SSSR count). The van der Waals surface area contributed by atoms with Crippen molar-refractivity contribution in [2.75, 3.05) is 26.7 Å². The Bertz CT molecular complexity index is 171. The van der Waals surface area contributed by atoms with Gasteiger partial charge in [-0.3, -0.25) is 9.69 Å². The first-order chi connectivity index (χ1) is 5.29. The summed E-state index contributed by atoms with van der Waals surface area (Å²) in [6.07, 6.45) is 1.39. The van der Waals surface area contributed by atoms with Crippen LogP contribution in [0.5, 0.6) is 0 Å². The lowest BCUT2D eigenvalue weighted by atomic mass is 10.4. The first-order valence-electron chi connectivity index (χ1n) is 4.09. The van der Waals surface area contributed by atoms with Crippen molar-refractivity contribution in [1.29, 1.82) is 0 Å². The van der Waals surface area contributed by atoms with Crippen LogP contribution in [0.2, 0.25) is 0 Å². The van der Waals surface area contributed by atoms with Gasteiger partial charge in [0.25, 0.3) is 0 Å². The van der Waals surface area contributed by atoms with Gasteiger partial charge in [-0.15, -0.1) is 0 Å². The second kappa shape index (κ2) is 2.48. The largest absolute Gasteiger partial charge is 0.468 e. The number of carbonyl (C=O) groups excluding carboxylic acids is 1. The van der Waals surface area contributed by atoms with Gasteiger partial charge in [0.1, 0.15) is 0 Å². The average Bonchev–Trinajstić information content (AvgIpc) is 2.60. The summed E-state index contributed by atoms with van der Waals surface area (Å²) < 4.78 is 4.58. The molecular formula is C8H13NO2. The zero-order valence-corrected chi connectivity index (χ0v) is 6.75. The highest BCUT2D eigenvalue weighted by Crippen LogP contribution is 2.44. The van der Waals surface area contributed by atoms with E-state index in [9.17, 15) is 4.79 Å². The molecule has 3 nitrogen and oxygen atoms in total. The van der Waals surface area contributed by atoms with Crippen LogP contribution in [0.3, 0.4) is 0 Å². The summed E-state index contributed by atoms with van der Waals surface area (Å²) in [5, 5.41) is 0. The Morgan fingerprint density at radius 2 is 2.18 bits per heavy atom. The van der Waals surface area contributed by atoms with Gasteiger partial charge in [-0.05, 0) is 18.3 Å². The number of fused-ring (bicyclic) bond motifs is 1. The summed E-state index contributed by atoms with van der Waals surface area (Å²) in [7, 11) is 1.44. The van der Waals surface area contributed by atoms with Crippen LogP contribution in [0.1, 0.15) is 6.42 Å². The van der Waals surface area contributed by atoms with Gasteiger partial charge >= 0.3 is 5.97 Å². The molecule has 0 aromatic carbocycles. The predicted molar refractivity (Wildman–Crippen MR) is 40.1 cm³/mol. The quantitative estimate of drug-likeness (QED) is 0.530. The Balaban J connectivity index is 1.75. The highest BCUT2D eigenvalue weighted by Gasteiger charge is 2.45. The fourth-order valence-electron chi connectivity index (χ4n) is 1.87. The molecule has 2 aliphatic rings. The third-order valence-electron chi connectivity index (χ3n) is 2.63.